The van der Waals surface area contributed by atoms with Crippen LogP contribution in [0.5, 0.6) is 0 Å². The number of aliphatic hydroxyl groups is 1. The standard InChI is InChI=1S/C24H40N4O.HI/c1-4-6-7-8-9-16-27(3)24(25-5-2)26-19-21-10-12-22(13-11-21)20-28-17-14-23(29)15-18-28;/h4,10-13,23,29H,1,5-9,14-20H2,2-3H3,(H,25,26);1H. The second-order valence-electron chi connectivity index (χ2n) is 8.05. The first kappa shape index (κ1) is 26.9. The Hall–Kier alpha value is -1.12. The fourth-order valence-electron chi connectivity index (χ4n) is 3.64. The molecule has 0 saturated carbocycles. The average molecular weight is 529 g/mol. The number of rotatable bonds is 11. The van der Waals surface area contributed by atoms with Crippen molar-refractivity contribution in [2.75, 3.05) is 33.2 Å². The number of allylic oxidation sites excluding steroid dienone is 1. The SMILES string of the molecule is C=CCCCCCN(C)C(=NCc1ccc(CN2CCC(O)CC2)cc1)NCC.I. The topological polar surface area (TPSA) is 51.1 Å². The van der Waals surface area contributed by atoms with E-state index in [9.17, 15) is 5.11 Å². The van der Waals surface area contributed by atoms with Gasteiger partial charge in [0.1, 0.15) is 0 Å². The first-order chi connectivity index (χ1) is 14.1. The van der Waals surface area contributed by atoms with E-state index < -0.39 is 0 Å². The van der Waals surface area contributed by atoms with Crippen LogP contribution in [0.1, 0.15) is 56.6 Å². The van der Waals surface area contributed by atoms with E-state index in [4.69, 9.17) is 4.99 Å². The van der Waals surface area contributed by atoms with Crippen LogP contribution in [-0.2, 0) is 13.1 Å². The van der Waals surface area contributed by atoms with Crippen molar-refractivity contribution in [1.29, 1.82) is 0 Å². The molecule has 1 aromatic rings. The summed E-state index contributed by atoms with van der Waals surface area (Å²) in [5, 5.41) is 13.0. The molecule has 1 heterocycles. The normalized spacial score (nSPS) is 15.5. The van der Waals surface area contributed by atoms with Crippen molar-refractivity contribution in [1.82, 2.24) is 15.1 Å². The maximum atomic E-state index is 9.64. The summed E-state index contributed by atoms with van der Waals surface area (Å²) in [6.45, 7) is 11.4. The number of hydrogen-bond donors (Lipinski definition) is 2. The third-order valence-electron chi connectivity index (χ3n) is 5.50. The number of halogens is 1. The Balaban J connectivity index is 0.00000450. The summed E-state index contributed by atoms with van der Waals surface area (Å²) in [7, 11) is 2.12. The Morgan fingerprint density at radius 2 is 1.87 bits per heavy atom. The second kappa shape index (κ2) is 15.6. The quantitative estimate of drug-likeness (QED) is 0.147. The molecular formula is C24H41IN4O. The molecule has 6 heteroatoms. The molecule has 0 aliphatic carbocycles. The molecule has 2 N–H and O–H groups in total. The zero-order valence-electron chi connectivity index (χ0n) is 18.9. The van der Waals surface area contributed by atoms with Gasteiger partial charge in [-0.25, -0.2) is 4.99 Å². The van der Waals surface area contributed by atoms with E-state index in [1.54, 1.807) is 0 Å². The molecule has 0 amide bonds. The molecule has 2 rings (SSSR count). The van der Waals surface area contributed by atoms with Gasteiger partial charge in [0, 0.05) is 39.8 Å². The third-order valence-corrected chi connectivity index (χ3v) is 5.50. The Morgan fingerprint density at radius 1 is 1.20 bits per heavy atom. The van der Waals surface area contributed by atoms with E-state index in [0.29, 0.717) is 6.54 Å². The highest BCUT2D eigenvalue weighted by atomic mass is 127. The van der Waals surface area contributed by atoms with Gasteiger partial charge in [-0.1, -0.05) is 36.8 Å². The van der Waals surface area contributed by atoms with E-state index in [-0.39, 0.29) is 30.1 Å². The van der Waals surface area contributed by atoms with Crippen LogP contribution < -0.4 is 5.32 Å². The van der Waals surface area contributed by atoms with E-state index >= 15 is 0 Å². The van der Waals surface area contributed by atoms with Gasteiger partial charge < -0.3 is 15.3 Å². The number of piperidine rings is 1. The lowest BCUT2D eigenvalue weighted by molar-refractivity contribution is 0.0792. The van der Waals surface area contributed by atoms with Gasteiger partial charge in [0.2, 0.25) is 0 Å². The van der Waals surface area contributed by atoms with Crippen molar-refractivity contribution < 1.29 is 5.11 Å². The van der Waals surface area contributed by atoms with Gasteiger partial charge >= 0.3 is 0 Å². The molecule has 1 fully saturated rings. The lowest BCUT2D eigenvalue weighted by Crippen LogP contribution is -2.39. The summed E-state index contributed by atoms with van der Waals surface area (Å²) in [6, 6.07) is 8.81. The Labute approximate surface area is 200 Å². The fraction of sp³-hybridized carbons (Fsp3) is 0.625. The number of nitrogens with zero attached hydrogens (tertiary/aromatic N) is 3. The van der Waals surface area contributed by atoms with Gasteiger partial charge in [-0.3, -0.25) is 4.90 Å². The molecule has 30 heavy (non-hydrogen) atoms. The monoisotopic (exact) mass is 528 g/mol. The molecule has 1 aliphatic rings. The number of likely N-dealkylation sites (tertiary alicyclic amines) is 1. The van der Waals surface area contributed by atoms with Gasteiger partial charge in [-0.15, -0.1) is 30.6 Å². The summed E-state index contributed by atoms with van der Waals surface area (Å²) < 4.78 is 0. The highest BCUT2D eigenvalue weighted by Crippen LogP contribution is 2.14. The smallest absolute Gasteiger partial charge is 0.193 e. The zero-order chi connectivity index (χ0) is 20.9. The van der Waals surface area contributed by atoms with Gasteiger partial charge in [-0.2, -0.15) is 0 Å². The molecule has 0 bridgehead atoms. The van der Waals surface area contributed by atoms with E-state index in [1.165, 1.54) is 30.4 Å². The van der Waals surface area contributed by atoms with Crippen molar-refractivity contribution >= 4 is 29.9 Å². The first-order valence-corrected chi connectivity index (χ1v) is 11.2. The lowest BCUT2D eigenvalue weighted by Gasteiger charge is -2.29. The summed E-state index contributed by atoms with van der Waals surface area (Å²) in [4.78, 5) is 9.49. The highest BCUT2D eigenvalue weighted by molar-refractivity contribution is 14.0. The van der Waals surface area contributed by atoms with Crippen molar-refractivity contribution in [3.05, 3.63) is 48.0 Å². The molecule has 0 spiro atoms. The molecule has 0 unspecified atom stereocenters. The Kier molecular flexibility index (Phi) is 14.0. The number of hydrogen-bond acceptors (Lipinski definition) is 3. The van der Waals surface area contributed by atoms with Crippen molar-refractivity contribution in [3.63, 3.8) is 0 Å². The van der Waals surface area contributed by atoms with Gasteiger partial charge in [0.25, 0.3) is 0 Å². The molecule has 0 radical (unpaired) electrons. The second-order valence-corrected chi connectivity index (χ2v) is 8.05. The zero-order valence-corrected chi connectivity index (χ0v) is 21.2. The van der Waals surface area contributed by atoms with Crippen LogP contribution in [0.15, 0.2) is 41.9 Å². The third kappa shape index (κ3) is 10.3. The minimum atomic E-state index is -0.109. The van der Waals surface area contributed by atoms with Crippen LogP contribution in [0.2, 0.25) is 0 Å². The van der Waals surface area contributed by atoms with E-state index in [0.717, 1.165) is 57.9 Å². The predicted molar refractivity (Wildman–Crippen MR) is 138 cm³/mol. The molecule has 0 aromatic heterocycles. The number of benzene rings is 1. The number of unbranched alkanes of at least 4 members (excludes halogenated alkanes) is 3. The summed E-state index contributed by atoms with van der Waals surface area (Å²) in [6.07, 6.45) is 8.40. The maximum absolute atomic E-state index is 9.64. The Morgan fingerprint density at radius 3 is 2.50 bits per heavy atom. The fourth-order valence-corrected chi connectivity index (χ4v) is 3.64. The van der Waals surface area contributed by atoms with E-state index in [2.05, 4.69) is 59.9 Å². The van der Waals surface area contributed by atoms with Crippen molar-refractivity contribution in [2.45, 2.75) is 64.6 Å². The number of guanidine groups is 1. The minimum Gasteiger partial charge on any atom is -0.393 e. The average Bonchev–Trinajstić information content (AvgIpc) is 2.73. The number of nitrogens with one attached hydrogen (secondary N) is 1. The van der Waals surface area contributed by atoms with Crippen LogP contribution >= 0.6 is 24.0 Å². The van der Waals surface area contributed by atoms with Crippen LogP contribution in [0.3, 0.4) is 0 Å². The van der Waals surface area contributed by atoms with Crippen LogP contribution in [-0.4, -0.2) is 60.2 Å². The summed E-state index contributed by atoms with van der Waals surface area (Å²) >= 11 is 0. The van der Waals surface area contributed by atoms with Crippen molar-refractivity contribution in [2.24, 2.45) is 4.99 Å². The molecule has 0 atom stereocenters. The van der Waals surface area contributed by atoms with Crippen LogP contribution in [0, 0.1) is 0 Å². The van der Waals surface area contributed by atoms with Crippen LogP contribution in [0.25, 0.3) is 0 Å². The van der Waals surface area contributed by atoms with Gasteiger partial charge in [-0.05, 0) is 50.2 Å². The molecule has 1 aromatic carbocycles. The number of aliphatic hydroxyl groups excluding tert-OH is 1. The van der Waals surface area contributed by atoms with Crippen LogP contribution in [0.4, 0.5) is 0 Å². The minimum absolute atomic E-state index is 0. The summed E-state index contributed by atoms with van der Waals surface area (Å²) in [5.41, 5.74) is 2.57. The highest BCUT2D eigenvalue weighted by Gasteiger charge is 2.16. The van der Waals surface area contributed by atoms with E-state index in [1.807, 2.05) is 6.08 Å². The molecule has 170 valence electrons. The number of aliphatic imine (C=N–C) groups is 1. The summed E-state index contributed by atoms with van der Waals surface area (Å²) in [5.74, 6) is 0.979. The largest absolute Gasteiger partial charge is 0.393 e. The lowest BCUT2D eigenvalue weighted by atomic mass is 10.1. The first-order valence-electron chi connectivity index (χ1n) is 11.2. The molecular weight excluding hydrogens is 487 g/mol. The predicted octanol–water partition coefficient (Wildman–Crippen LogP) is 4.41. The van der Waals surface area contributed by atoms with Gasteiger partial charge in [0.05, 0.1) is 12.6 Å². The van der Waals surface area contributed by atoms with Crippen molar-refractivity contribution in [3.8, 4) is 0 Å². The van der Waals surface area contributed by atoms with Gasteiger partial charge in [0.15, 0.2) is 5.96 Å². The maximum Gasteiger partial charge on any atom is 0.193 e. The molecule has 5 nitrogen and oxygen atoms in total. The molecule has 1 aliphatic heterocycles. The Bertz CT molecular complexity index is 612. The molecule has 1 saturated heterocycles.